The van der Waals surface area contributed by atoms with E-state index in [4.69, 9.17) is 5.11 Å². The summed E-state index contributed by atoms with van der Waals surface area (Å²) in [7, 11) is 0. The molecule has 2 aromatic rings. The zero-order chi connectivity index (χ0) is 14.4. The van der Waals surface area contributed by atoms with E-state index >= 15 is 0 Å². The van der Waals surface area contributed by atoms with E-state index in [0.29, 0.717) is 0 Å². The number of anilines is 1. The van der Waals surface area contributed by atoms with Crippen LogP contribution in [0.2, 0.25) is 0 Å². The Hall–Kier alpha value is -2.95. The Bertz CT molecular complexity index is 651. The monoisotopic (exact) mass is 268 g/mol. The highest BCUT2D eigenvalue weighted by Gasteiger charge is 2.05. The van der Waals surface area contributed by atoms with Gasteiger partial charge in [-0.15, -0.1) is 0 Å². The number of rotatable bonds is 4. The first-order valence-corrected chi connectivity index (χ1v) is 5.88. The van der Waals surface area contributed by atoms with E-state index in [2.05, 4.69) is 10.3 Å². The van der Waals surface area contributed by atoms with E-state index in [1.54, 1.807) is 6.08 Å². The van der Waals surface area contributed by atoms with Crippen LogP contribution in [0.3, 0.4) is 0 Å². The maximum absolute atomic E-state index is 11.7. The fourth-order valence-electron chi connectivity index (χ4n) is 1.54. The Morgan fingerprint density at radius 1 is 1.15 bits per heavy atom. The second-order valence-electron chi connectivity index (χ2n) is 3.97. The molecule has 0 atom stereocenters. The quantitative estimate of drug-likeness (QED) is 0.835. The van der Waals surface area contributed by atoms with Crippen LogP contribution in [0.4, 0.5) is 5.82 Å². The Morgan fingerprint density at radius 3 is 2.60 bits per heavy atom. The van der Waals surface area contributed by atoms with Crippen molar-refractivity contribution in [2.45, 2.75) is 0 Å². The molecule has 0 aliphatic rings. The van der Waals surface area contributed by atoms with Crippen molar-refractivity contribution in [1.29, 1.82) is 0 Å². The molecule has 1 aromatic carbocycles. The summed E-state index contributed by atoms with van der Waals surface area (Å²) in [4.78, 5) is 26.4. The predicted molar refractivity (Wildman–Crippen MR) is 75.3 cm³/mol. The lowest BCUT2D eigenvalue weighted by Crippen LogP contribution is -2.10. The number of nitrogens with one attached hydrogen (secondary N) is 1. The summed E-state index contributed by atoms with van der Waals surface area (Å²) in [6.45, 7) is 0. The number of amides is 1. The number of benzene rings is 1. The van der Waals surface area contributed by atoms with Gasteiger partial charge >= 0.3 is 5.97 Å². The van der Waals surface area contributed by atoms with Gasteiger partial charge in [0.2, 0.25) is 5.91 Å². The van der Waals surface area contributed by atoms with Crippen molar-refractivity contribution in [3.05, 3.63) is 65.9 Å². The van der Waals surface area contributed by atoms with Gasteiger partial charge in [0.05, 0.1) is 5.56 Å². The number of carboxylic acid groups (broad SMARTS) is 1. The highest BCUT2D eigenvalue weighted by molar-refractivity contribution is 6.01. The summed E-state index contributed by atoms with van der Waals surface area (Å²) in [5, 5.41) is 11.3. The Labute approximate surface area is 115 Å². The second kappa shape index (κ2) is 6.29. The third-order valence-corrected chi connectivity index (χ3v) is 2.48. The molecule has 1 aromatic heterocycles. The van der Waals surface area contributed by atoms with Gasteiger partial charge in [-0.3, -0.25) is 4.79 Å². The fourth-order valence-corrected chi connectivity index (χ4v) is 1.54. The summed E-state index contributed by atoms with van der Waals surface area (Å²) in [5.74, 6) is -1.24. The van der Waals surface area contributed by atoms with Crippen LogP contribution in [-0.4, -0.2) is 22.0 Å². The summed E-state index contributed by atoms with van der Waals surface area (Å²) >= 11 is 0. The fraction of sp³-hybridized carbons (Fsp3) is 0. The number of carboxylic acids is 1. The lowest BCUT2D eigenvalue weighted by molar-refractivity contribution is -0.111. The Balaban J connectivity index is 2.03. The minimum atomic E-state index is -1.07. The van der Waals surface area contributed by atoms with Gasteiger partial charge in [-0.1, -0.05) is 30.3 Å². The van der Waals surface area contributed by atoms with Crippen molar-refractivity contribution in [2.24, 2.45) is 0 Å². The number of aromatic carboxylic acids is 1. The number of carbonyl (C=O) groups excluding carboxylic acids is 1. The molecule has 1 heterocycles. The molecule has 0 aliphatic heterocycles. The largest absolute Gasteiger partial charge is 0.478 e. The summed E-state index contributed by atoms with van der Waals surface area (Å²) in [6.07, 6.45) is 4.36. The second-order valence-corrected chi connectivity index (χ2v) is 3.97. The molecule has 0 bridgehead atoms. The number of nitrogens with zero attached hydrogens (tertiary/aromatic N) is 1. The molecule has 0 spiro atoms. The minimum Gasteiger partial charge on any atom is -0.478 e. The molecule has 2 rings (SSSR count). The van der Waals surface area contributed by atoms with Gasteiger partial charge < -0.3 is 10.4 Å². The number of hydrogen-bond acceptors (Lipinski definition) is 3. The molecular weight excluding hydrogens is 256 g/mol. The van der Waals surface area contributed by atoms with E-state index in [1.807, 2.05) is 30.3 Å². The average Bonchev–Trinajstić information content (AvgIpc) is 2.46. The van der Waals surface area contributed by atoms with Gasteiger partial charge in [-0.05, 0) is 23.8 Å². The molecule has 5 nitrogen and oxygen atoms in total. The molecule has 5 heteroatoms. The van der Waals surface area contributed by atoms with Gasteiger partial charge in [-0.25, -0.2) is 9.78 Å². The Morgan fingerprint density at radius 2 is 1.90 bits per heavy atom. The first kappa shape index (κ1) is 13.5. The minimum absolute atomic E-state index is 0.0716. The van der Waals surface area contributed by atoms with Crippen molar-refractivity contribution in [3.8, 4) is 0 Å². The predicted octanol–water partition coefficient (Wildman–Crippen LogP) is 2.43. The van der Waals surface area contributed by atoms with Crippen LogP contribution in [-0.2, 0) is 4.79 Å². The van der Waals surface area contributed by atoms with Crippen LogP contribution in [0, 0.1) is 0 Å². The van der Waals surface area contributed by atoms with Crippen LogP contribution in [0.1, 0.15) is 15.9 Å². The molecular formula is C15H12N2O3. The van der Waals surface area contributed by atoms with Crippen LogP contribution in [0.5, 0.6) is 0 Å². The van der Waals surface area contributed by atoms with Crippen molar-refractivity contribution in [1.82, 2.24) is 4.98 Å². The molecule has 1 amide bonds. The maximum Gasteiger partial charge on any atom is 0.335 e. The van der Waals surface area contributed by atoms with Crippen molar-refractivity contribution in [3.63, 3.8) is 0 Å². The number of aromatic nitrogens is 1. The lowest BCUT2D eigenvalue weighted by atomic mass is 10.2. The zero-order valence-corrected chi connectivity index (χ0v) is 10.5. The molecule has 100 valence electrons. The third-order valence-electron chi connectivity index (χ3n) is 2.48. The topological polar surface area (TPSA) is 79.3 Å². The van der Waals surface area contributed by atoms with Gasteiger partial charge in [0, 0.05) is 12.3 Å². The number of hydrogen-bond donors (Lipinski definition) is 2. The number of carbonyl (C=O) groups is 2. The van der Waals surface area contributed by atoms with Gasteiger partial charge in [0.1, 0.15) is 5.82 Å². The van der Waals surface area contributed by atoms with Crippen molar-refractivity contribution in [2.75, 3.05) is 5.32 Å². The normalized spacial score (nSPS) is 10.4. The maximum atomic E-state index is 11.7. The average molecular weight is 268 g/mol. The van der Waals surface area contributed by atoms with E-state index in [-0.39, 0.29) is 17.3 Å². The van der Waals surface area contributed by atoms with E-state index in [9.17, 15) is 9.59 Å². The van der Waals surface area contributed by atoms with Crippen molar-refractivity contribution >= 4 is 23.8 Å². The van der Waals surface area contributed by atoms with Crippen LogP contribution in [0.15, 0.2) is 54.7 Å². The molecule has 0 fully saturated rings. The smallest absolute Gasteiger partial charge is 0.335 e. The summed E-state index contributed by atoms with van der Waals surface area (Å²) in [5.41, 5.74) is 0.970. The van der Waals surface area contributed by atoms with E-state index in [1.165, 1.54) is 24.4 Å². The van der Waals surface area contributed by atoms with E-state index in [0.717, 1.165) is 5.56 Å². The lowest BCUT2D eigenvalue weighted by Gasteiger charge is -2.01. The third kappa shape index (κ3) is 3.78. The molecule has 0 radical (unpaired) electrons. The Kier molecular flexibility index (Phi) is 4.24. The van der Waals surface area contributed by atoms with Crippen LogP contribution in [0.25, 0.3) is 6.08 Å². The first-order chi connectivity index (χ1) is 9.65. The van der Waals surface area contributed by atoms with Gasteiger partial charge in [0.15, 0.2) is 0 Å². The van der Waals surface area contributed by atoms with Crippen molar-refractivity contribution < 1.29 is 14.7 Å². The number of pyridine rings is 1. The summed E-state index contributed by atoms with van der Waals surface area (Å²) in [6, 6.07) is 12.0. The van der Waals surface area contributed by atoms with Crippen LogP contribution >= 0.6 is 0 Å². The van der Waals surface area contributed by atoms with E-state index < -0.39 is 5.97 Å². The molecule has 0 saturated heterocycles. The van der Waals surface area contributed by atoms with Gasteiger partial charge in [0.25, 0.3) is 0 Å². The SMILES string of the molecule is O=C(C=Cc1ccccc1)Nc1cc(C(=O)O)ccn1. The molecule has 0 saturated carbocycles. The molecule has 2 N–H and O–H groups in total. The molecule has 0 unspecified atom stereocenters. The van der Waals surface area contributed by atoms with Gasteiger partial charge in [-0.2, -0.15) is 0 Å². The standard InChI is InChI=1S/C15H12N2O3/c18-14(7-6-11-4-2-1-3-5-11)17-13-10-12(15(19)20)8-9-16-13/h1-10H,(H,19,20)(H,16,17,18). The van der Waals surface area contributed by atoms with Crippen LogP contribution < -0.4 is 5.32 Å². The highest BCUT2D eigenvalue weighted by atomic mass is 16.4. The summed E-state index contributed by atoms with van der Waals surface area (Å²) < 4.78 is 0. The highest BCUT2D eigenvalue weighted by Crippen LogP contribution is 2.07. The molecule has 0 aliphatic carbocycles. The first-order valence-electron chi connectivity index (χ1n) is 5.88. The zero-order valence-electron chi connectivity index (χ0n) is 10.5. The molecule has 20 heavy (non-hydrogen) atoms.